The summed E-state index contributed by atoms with van der Waals surface area (Å²) in [5.41, 5.74) is 7.10. The van der Waals surface area contributed by atoms with Gasteiger partial charge in [0.15, 0.2) is 0 Å². The number of carbonyl (C=O) groups excluding carboxylic acids is 1. The molecule has 16 heavy (non-hydrogen) atoms. The first kappa shape index (κ1) is 11.0. The fraction of sp³-hybridized carbons (Fsp3) is 0.417. The number of benzene rings is 1. The quantitative estimate of drug-likeness (QED) is 0.720. The summed E-state index contributed by atoms with van der Waals surface area (Å²) in [6.07, 6.45) is 3.37. The highest BCUT2D eigenvalue weighted by Crippen LogP contribution is 2.19. The molecule has 4 heteroatoms. The monoisotopic (exact) mass is 219 g/mol. The van der Waals surface area contributed by atoms with E-state index in [0.29, 0.717) is 6.04 Å². The van der Waals surface area contributed by atoms with Crippen LogP contribution in [0.5, 0.6) is 0 Å². The Kier molecular flexibility index (Phi) is 3.41. The van der Waals surface area contributed by atoms with Crippen LogP contribution >= 0.6 is 0 Å². The highest BCUT2D eigenvalue weighted by Gasteiger charge is 2.16. The van der Waals surface area contributed by atoms with Gasteiger partial charge in [-0.15, -0.1) is 0 Å². The minimum absolute atomic E-state index is 0.508. The number of hydrogen-bond donors (Lipinski definition) is 3. The van der Waals surface area contributed by atoms with E-state index in [-0.39, 0.29) is 0 Å². The van der Waals surface area contributed by atoms with Crippen molar-refractivity contribution in [2.24, 2.45) is 5.73 Å². The molecule has 4 N–H and O–H groups in total. The summed E-state index contributed by atoms with van der Waals surface area (Å²) in [6, 6.07) is 7.82. The van der Waals surface area contributed by atoms with Crippen LogP contribution in [-0.4, -0.2) is 18.6 Å². The van der Waals surface area contributed by atoms with E-state index in [4.69, 9.17) is 5.73 Å². The fourth-order valence-corrected chi connectivity index (χ4v) is 2.15. The number of para-hydroxylation sites is 1. The summed E-state index contributed by atoms with van der Waals surface area (Å²) < 4.78 is 0. The van der Waals surface area contributed by atoms with Gasteiger partial charge >= 0.3 is 6.03 Å². The Hall–Kier alpha value is -1.55. The number of primary amides is 1. The SMILES string of the molecule is NC(=O)Nc1ccccc1CC1CCCN1. The summed E-state index contributed by atoms with van der Waals surface area (Å²) >= 11 is 0. The van der Waals surface area contributed by atoms with Crippen molar-refractivity contribution in [2.75, 3.05) is 11.9 Å². The van der Waals surface area contributed by atoms with Crippen LogP contribution < -0.4 is 16.4 Å². The molecule has 1 fully saturated rings. The Morgan fingerprint density at radius 3 is 3.00 bits per heavy atom. The second kappa shape index (κ2) is 4.99. The number of nitrogens with one attached hydrogen (secondary N) is 2. The number of amides is 2. The molecule has 2 rings (SSSR count). The summed E-state index contributed by atoms with van der Waals surface area (Å²) in [6.45, 7) is 1.09. The lowest BCUT2D eigenvalue weighted by atomic mass is 10.0. The number of hydrogen-bond acceptors (Lipinski definition) is 2. The summed E-state index contributed by atoms with van der Waals surface area (Å²) in [5.74, 6) is 0. The number of anilines is 1. The topological polar surface area (TPSA) is 67.2 Å². The molecule has 0 aromatic heterocycles. The molecule has 1 aromatic rings. The Balaban J connectivity index is 2.09. The minimum Gasteiger partial charge on any atom is -0.351 e. The fourth-order valence-electron chi connectivity index (χ4n) is 2.15. The maximum absolute atomic E-state index is 10.9. The van der Waals surface area contributed by atoms with Gasteiger partial charge in [0.05, 0.1) is 0 Å². The predicted octanol–water partition coefficient (Wildman–Crippen LogP) is 1.47. The first-order valence-electron chi connectivity index (χ1n) is 5.63. The first-order valence-corrected chi connectivity index (χ1v) is 5.63. The first-order chi connectivity index (χ1) is 7.75. The third-order valence-electron chi connectivity index (χ3n) is 2.90. The van der Waals surface area contributed by atoms with Crippen LogP contribution in [0.15, 0.2) is 24.3 Å². The predicted molar refractivity (Wildman–Crippen MR) is 64.4 cm³/mol. The van der Waals surface area contributed by atoms with Crippen molar-refractivity contribution in [3.05, 3.63) is 29.8 Å². The summed E-state index contributed by atoms with van der Waals surface area (Å²) in [4.78, 5) is 10.9. The molecule has 86 valence electrons. The molecule has 1 aliphatic rings. The Bertz CT molecular complexity index is 372. The van der Waals surface area contributed by atoms with Crippen LogP contribution in [0, 0.1) is 0 Å². The van der Waals surface area contributed by atoms with E-state index in [9.17, 15) is 4.79 Å². The Labute approximate surface area is 95.2 Å². The molecule has 0 radical (unpaired) electrons. The van der Waals surface area contributed by atoms with Gasteiger partial charge in [-0.25, -0.2) is 4.79 Å². The van der Waals surface area contributed by atoms with E-state index in [1.165, 1.54) is 12.8 Å². The zero-order chi connectivity index (χ0) is 11.4. The van der Waals surface area contributed by atoms with Gasteiger partial charge in [-0.2, -0.15) is 0 Å². The van der Waals surface area contributed by atoms with Crippen molar-refractivity contribution in [2.45, 2.75) is 25.3 Å². The van der Waals surface area contributed by atoms with Crippen LogP contribution in [-0.2, 0) is 6.42 Å². The van der Waals surface area contributed by atoms with E-state index in [1.54, 1.807) is 0 Å². The highest BCUT2D eigenvalue weighted by molar-refractivity contribution is 5.88. The zero-order valence-electron chi connectivity index (χ0n) is 9.20. The summed E-state index contributed by atoms with van der Waals surface area (Å²) in [7, 11) is 0. The van der Waals surface area contributed by atoms with Gasteiger partial charge in [0.25, 0.3) is 0 Å². The van der Waals surface area contributed by atoms with Crippen LogP contribution in [0.3, 0.4) is 0 Å². The normalized spacial score (nSPS) is 19.6. The van der Waals surface area contributed by atoms with Gasteiger partial charge in [-0.1, -0.05) is 18.2 Å². The molecule has 1 heterocycles. The van der Waals surface area contributed by atoms with Gasteiger partial charge < -0.3 is 16.4 Å². The highest BCUT2D eigenvalue weighted by atomic mass is 16.2. The lowest BCUT2D eigenvalue weighted by molar-refractivity contribution is 0.259. The molecule has 0 saturated carbocycles. The average molecular weight is 219 g/mol. The van der Waals surface area contributed by atoms with E-state index in [2.05, 4.69) is 10.6 Å². The molecular weight excluding hydrogens is 202 g/mol. The molecular formula is C12H17N3O. The number of nitrogens with two attached hydrogens (primary N) is 1. The van der Waals surface area contributed by atoms with Crippen molar-refractivity contribution in [3.8, 4) is 0 Å². The summed E-state index contributed by atoms with van der Waals surface area (Å²) in [5, 5.41) is 6.10. The third-order valence-corrected chi connectivity index (χ3v) is 2.90. The zero-order valence-corrected chi connectivity index (χ0v) is 9.20. The van der Waals surface area contributed by atoms with Crippen molar-refractivity contribution < 1.29 is 4.79 Å². The lowest BCUT2D eigenvalue weighted by Gasteiger charge is -2.13. The van der Waals surface area contributed by atoms with Crippen LogP contribution in [0.4, 0.5) is 10.5 Å². The third kappa shape index (κ3) is 2.73. The van der Waals surface area contributed by atoms with Crippen LogP contribution in [0.1, 0.15) is 18.4 Å². The lowest BCUT2D eigenvalue weighted by Crippen LogP contribution is -2.25. The number of urea groups is 1. The van der Waals surface area contributed by atoms with Crippen molar-refractivity contribution in [1.29, 1.82) is 0 Å². The molecule has 2 amide bonds. The average Bonchev–Trinajstić information content (AvgIpc) is 2.73. The molecule has 1 aliphatic heterocycles. The number of rotatable bonds is 3. The van der Waals surface area contributed by atoms with Gasteiger partial charge in [0.1, 0.15) is 0 Å². The van der Waals surface area contributed by atoms with E-state index >= 15 is 0 Å². The second-order valence-electron chi connectivity index (χ2n) is 4.14. The Morgan fingerprint density at radius 1 is 1.50 bits per heavy atom. The number of carbonyl (C=O) groups is 1. The van der Waals surface area contributed by atoms with Crippen molar-refractivity contribution in [1.82, 2.24) is 5.32 Å². The molecule has 1 atom stereocenters. The van der Waals surface area contributed by atoms with E-state index < -0.39 is 6.03 Å². The minimum atomic E-state index is -0.508. The Morgan fingerprint density at radius 2 is 2.31 bits per heavy atom. The smallest absolute Gasteiger partial charge is 0.316 e. The van der Waals surface area contributed by atoms with Crippen LogP contribution in [0.25, 0.3) is 0 Å². The molecule has 4 nitrogen and oxygen atoms in total. The maximum atomic E-state index is 10.9. The van der Waals surface area contributed by atoms with Crippen molar-refractivity contribution >= 4 is 11.7 Å². The van der Waals surface area contributed by atoms with Gasteiger partial charge in [0, 0.05) is 11.7 Å². The molecule has 1 aromatic carbocycles. The molecule has 1 unspecified atom stereocenters. The van der Waals surface area contributed by atoms with Gasteiger partial charge in [0.2, 0.25) is 0 Å². The van der Waals surface area contributed by atoms with E-state index in [0.717, 1.165) is 24.2 Å². The van der Waals surface area contributed by atoms with Gasteiger partial charge in [-0.3, -0.25) is 0 Å². The van der Waals surface area contributed by atoms with Crippen molar-refractivity contribution in [3.63, 3.8) is 0 Å². The van der Waals surface area contributed by atoms with Gasteiger partial charge in [-0.05, 0) is 37.4 Å². The molecule has 0 bridgehead atoms. The standard InChI is InChI=1S/C12H17N3O/c13-12(16)15-11-6-2-1-4-9(11)8-10-5-3-7-14-10/h1-2,4,6,10,14H,3,5,7-8H2,(H3,13,15,16). The van der Waals surface area contributed by atoms with E-state index in [1.807, 2.05) is 24.3 Å². The molecule has 0 aliphatic carbocycles. The largest absolute Gasteiger partial charge is 0.351 e. The maximum Gasteiger partial charge on any atom is 0.316 e. The van der Waals surface area contributed by atoms with Crippen LogP contribution in [0.2, 0.25) is 0 Å². The second-order valence-corrected chi connectivity index (χ2v) is 4.14. The molecule has 0 spiro atoms. The molecule has 1 saturated heterocycles.